The quantitative estimate of drug-likeness (QED) is 0.804. The Balaban J connectivity index is 1.93. The van der Waals surface area contributed by atoms with Crippen molar-refractivity contribution in [1.29, 1.82) is 0 Å². The van der Waals surface area contributed by atoms with Gasteiger partial charge in [-0.3, -0.25) is 0 Å². The summed E-state index contributed by atoms with van der Waals surface area (Å²) in [4.78, 5) is 0. The van der Waals surface area contributed by atoms with Crippen LogP contribution in [-0.4, -0.2) is 13.7 Å². The van der Waals surface area contributed by atoms with Gasteiger partial charge in [0.2, 0.25) is 0 Å². The van der Waals surface area contributed by atoms with Crippen LogP contribution in [-0.2, 0) is 0 Å². The number of halogens is 1. The largest absolute Gasteiger partial charge is 0.496 e. The number of nitrogens with one attached hydrogen (secondary N) is 1. The lowest BCUT2D eigenvalue weighted by Crippen LogP contribution is -2.26. The summed E-state index contributed by atoms with van der Waals surface area (Å²) in [6.45, 7) is 3.09. The van der Waals surface area contributed by atoms with Crippen molar-refractivity contribution in [2.24, 2.45) is 5.92 Å². The van der Waals surface area contributed by atoms with E-state index in [9.17, 15) is 4.39 Å². The average molecular weight is 279 g/mol. The number of ether oxygens (including phenoxy) is 1. The molecule has 2 nitrogen and oxygen atoms in total. The highest BCUT2D eigenvalue weighted by molar-refractivity contribution is 5.36. The second kappa shape index (κ2) is 7.63. The van der Waals surface area contributed by atoms with Crippen molar-refractivity contribution < 1.29 is 9.13 Å². The number of hydrogen-bond donors (Lipinski definition) is 1. The third-order valence-electron chi connectivity index (χ3n) is 4.35. The third-order valence-corrected chi connectivity index (χ3v) is 4.35. The molecular weight excluding hydrogens is 253 g/mol. The van der Waals surface area contributed by atoms with E-state index >= 15 is 0 Å². The molecule has 20 heavy (non-hydrogen) atoms. The van der Waals surface area contributed by atoms with Crippen LogP contribution in [0.5, 0.6) is 5.75 Å². The maximum atomic E-state index is 13.4. The van der Waals surface area contributed by atoms with Crippen molar-refractivity contribution in [3.05, 3.63) is 29.6 Å². The standard InChI is InChI=1S/C17H26FNO/c1-13(16-11-15(18)9-10-17(16)20-2)19-12-14-7-5-3-4-6-8-14/h9-11,13-14,19H,3-8,12H2,1-2H3. The van der Waals surface area contributed by atoms with Crippen LogP contribution in [0, 0.1) is 11.7 Å². The van der Waals surface area contributed by atoms with Crippen LogP contribution >= 0.6 is 0 Å². The highest BCUT2D eigenvalue weighted by atomic mass is 19.1. The van der Waals surface area contributed by atoms with Crippen LogP contribution in [0.3, 0.4) is 0 Å². The van der Waals surface area contributed by atoms with Crippen LogP contribution in [0.2, 0.25) is 0 Å². The molecule has 1 unspecified atom stereocenters. The minimum atomic E-state index is -0.205. The van der Waals surface area contributed by atoms with E-state index in [1.165, 1.54) is 44.6 Å². The van der Waals surface area contributed by atoms with E-state index in [1.54, 1.807) is 19.2 Å². The molecule has 0 saturated heterocycles. The zero-order valence-electron chi connectivity index (χ0n) is 12.6. The van der Waals surface area contributed by atoms with Gasteiger partial charge in [0, 0.05) is 11.6 Å². The SMILES string of the molecule is COc1ccc(F)cc1C(C)NCC1CCCCCC1. The molecule has 2 rings (SSSR count). The maximum absolute atomic E-state index is 13.4. The molecule has 1 aliphatic carbocycles. The number of rotatable bonds is 5. The van der Waals surface area contributed by atoms with Gasteiger partial charge in [-0.2, -0.15) is 0 Å². The van der Waals surface area contributed by atoms with Gasteiger partial charge >= 0.3 is 0 Å². The van der Waals surface area contributed by atoms with E-state index in [1.807, 2.05) is 0 Å². The summed E-state index contributed by atoms with van der Waals surface area (Å²) in [5.74, 6) is 1.32. The predicted octanol–water partition coefficient (Wildman–Crippen LogP) is 4.46. The fraction of sp³-hybridized carbons (Fsp3) is 0.647. The highest BCUT2D eigenvalue weighted by Gasteiger charge is 2.16. The van der Waals surface area contributed by atoms with Crippen LogP contribution in [0.4, 0.5) is 4.39 Å². The summed E-state index contributed by atoms with van der Waals surface area (Å²) < 4.78 is 18.7. The lowest BCUT2D eigenvalue weighted by atomic mass is 9.99. The number of hydrogen-bond acceptors (Lipinski definition) is 2. The van der Waals surface area contributed by atoms with Gasteiger partial charge in [0.1, 0.15) is 11.6 Å². The van der Waals surface area contributed by atoms with E-state index in [2.05, 4.69) is 12.2 Å². The van der Waals surface area contributed by atoms with Gasteiger partial charge in [0.15, 0.2) is 0 Å². The van der Waals surface area contributed by atoms with E-state index in [0.717, 1.165) is 23.8 Å². The number of methoxy groups -OCH3 is 1. The molecule has 0 bridgehead atoms. The molecule has 1 aliphatic rings. The summed E-state index contributed by atoms with van der Waals surface area (Å²) in [7, 11) is 1.63. The van der Waals surface area contributed by atoms with Crippen LogP contribution in [0.1, 0.15) is 57.1 Å². The molecule has 1 atom stereocenters. The topological polar surface area (TPSA) is 21.3 Å². The average Bonchev–Trinajstić information content (AvgIpc) is 2.73. The van der Waals surface area contributed by atoms with Gasteiger partial charge in [0.05, 0.1) is 7.11 Å². The van der Waals surface area contributed by atoms with Gasteiger partial charge in [-0.1, -0.05) is 25.7 Å². The molecular formula is C17H26FNO. The second-order valence-corrected chi connectivity index (χ2v) is 5.87. The van der Waals surface area contributed by atoms with Gasteiger partial charge in [0.25, 0.3) is 0 Å². The maximum Gasteiger partial charge on any atom is 0.123 e. The van der Waals surface area contributed by atoms with E-state index in [4.69, 9.17) is 4.74 Å². The summed E-state index contributed by atoms with van der Waals surface area (Å²) in [5.41, 5.74) is 0.904. The first-order valence-electron chi connectivity index (χ1n) is 7.77. The molecule has 0 radical (unpaired) electrons. The number of benzene rings is 1. The lowest BCUT2D eigenvalue weighted by Gasteiger charge is -2.21. The lowest BCUT2D eigenvalue weighted by molar-refractivity contribution is 0.381. The first kappa shape index (κ1) is 15.3. The molecule has 1 fully saturated rings. The smallest absolute Gasteiger partial charge is 0.123 e. The molecule has 112 valence electrons. The first-order chi connectivity index (χ1) is 9.70. The summed E-state index contributed by atoms with van der Waals surface area (Å²) in [6, 6.07) is 4.84. The zero-order chi connectivity index (χ0) is 14.4. The normalized spacial score (nSPS) is 18.6. The van der Waals surface area contributed by atoms with Gasteiger partial charge in [-0.15, -0.1) is 0 Å². The van der Waals surface area contributed by atoms with Crippen LogP contribution < -0.4 is 10.1 Å². The monoisotopic (exact) mass is 279 g/mol. The predicted molar refractivity (Wildman–Crippen MR) is 80.6 cm³/mol. The Bertz CT molecular complexity index is 413. The Labute approximate surface area is 121 Å². The molecule has 1 aromatic rings. The zero-order valence-corrected chi connectivity index (χ0v) is 12.6. The summed E-state index contributed by atoms with van der Waals surface area (Å²) in [5, 5.41) is 3.55. The Morgan fingerprint density at radius 1 is 1.25 bits per heavy atom. The van der Waals surface area contributed by atoms with E-state index in [-0.39, 0.29) is 11.9 Å². The molecule has 1 N–H and O–H groups in total. The van der Waals surface area contributed by atoms with Gasteiger partial charge < -0.3 is 10.1 Å². The van der Waals surface area contributed by atoms with E-state index < -0.39 is 0 Å². The van der Waals surface area contributed by atoms with Crippen molar-refractivity contribution in [3.8, 4) is 5.75 Å². The molecule has 0 heterocycles. The van der Waals surface area contributed by atoms with Crippen molar-refractivity contribution in [2.75, 3.05) is 13.7 Å². The van der Waals surface area contributed by atoms with Gasteiger partial charge in [-0.05, 0) is 50.4 Å². The fourth-order valence-electron chi connectivity index (χ4n) is 3.07. The Kier molecular flexibility index (Phi) is 5.84. The van der Waals surface area contributed by atoms with Crippen LogP contribution in [0.15, 0.2) is 18.2 Å². The van der Waals surface area contributed by atoms with Crippen molar-refractivity contribution in [3.63, 3.8) is 0 Å². The first-order valence-corrected chi connectivity index (χ1v) is 7.77. The minimum Gasteiger partial charge on any atom is -0.496 e. The minimum absolute atomic E-state index is 0.115. The van der Waals surface area contributed by atoms with E-state index in [0.29, 0.717) is 0 Å². The molecule has 0 aliphatic heterocycles. The van der Waals surface area contributed by atoms with Crippen molar-refractivity contribution in [1.82, 2.24) is 5.32 Å². The Morgan fingerprint density at radius 2 is 1.95 bits per heavy atom. The van der Waals surface area contributed by atoms with Crippen LogP contribution in [0.25, 0.3) is 0 Å². The Hall–Kier alpha value is -1.09. The molecule has 1 aromatic carbocycles. The third kappa shape index (κ3) is 4.20. The fourth-order valence-corrected chi connectivity index (χ4v) is 3.07. The summed E-state index contributed by atoms with van der Waals surface area (Å²) in [6.07, 6.45) is 8.10. The van der Waals surface area contributed by atoms with Crippen molar-refractivity contribution in [2.45, 2.75) is 51.5 Å². The van der Waals surface area contributed by atoms with Crippen molar-refractivity contribution >= 4 is 0 Å². The molecule has 1 saturated carbocycles. The Morgan fingerprint density at radius 3 is 2.60 bits per heavy atom. The molecule has 0 spiro atoms. The molecule has 0 amide bonds. The van der Waals surface area contributed by atoms with Gasteiger partial charge in [-0.25, -0.2) is 4.39 Å². The summed E-state index contributed by atoms with van der Waals surface area (Å²) >= 11 is 0. The molecule has 0 aromatic heterocycles. The molecule has 3 heteroatoms. The highest BCUT2D eigenvalue weighted by Crippen LogP contribution is 2.27. The second-order valence-electron chi connectivity index (χ2n) is 5.87.